The largest absolute Gasteiger partial charge is 0.497 e. The molecule has 0 spiro atoms. The Bertz CT molecular complexity index is 608. The van der Waals surface area contributed by atoms with Crippen LogP contribution in [0.15, 0.2) is 45.5 Å². The minimum atomic E-state index is -1.36. The summed E-state index contributed by atoms with van der Waals surface area (Å²) in [6.07, 6.45) is 0. The van der Waals surface area contributed by atoms with Crippen LogP contribution in [0.5, 0.6) is 5.75 Å². The topological polar surface area (TPSA) is 71.7 Å². The average molecular weight is 340 g/mol. The highest BCUT2D eigenvalue weighted by Crippen LogP contribution is 2.30. The molecule has 106 valence electrons. The highest BCUT2D eigenvalue weighted by atomic mass is 79.9. The number of benzene rings is 1. The van der Waals surface area contributed by atoms with Crippen molar-refractivity contribution < 1.29 is 19.1 Å². The number of furan rings is 1. The Hall–Kier alpha value is -1.95. The summed E-state index contributed by atoms with van der Waals surface area (Å²) in [4.78, 5) is 11.6. The van der Waals surface area contributed by atoms with Crippen molar-refractivity contribution in [2.24, 2.45) is 0 Å². The minimum absolute atomic E-state index is 0.313. The van der Waals surface area contributed by atoms with E-state index in [1.54, 1.807) is 50.4 Å². The first-order valence-corrected chi connectivity index (χ1v) is 6.66. The van der Waals surface area contributed by atoms with E-state index in [1.165, 1.54) is 0 Å². The molecule has 0 aliphatic heterocycles. The molecule has 2 rings (SSSR count). The molecule has 0 aliphatic carbocycles. The fraction of sp³-hybridized carbons (Fsp3) is 0.214. The number of ether oxygens (including phenoxy) is 1. The third kappa shape index (κ3) is 2.80. The molecule has 1 unspecified atom stereocenters. The minimum Gasteiger partial charge on any atom is -0.497 e. The summed E-state index contributed by atoms with van der Waals surface area (Å²) >= 11 is 3.17. The summed E-state index contributed by atoms with van der Waals surface area (Å²) in [5.74, 6) is -0.0174. The number of anilines is 1. The average Bonchev–Trinajstić information content (AvgIpc) is 2.86. The maximum absolute atomic E-state index is 11.6. The molecule has 1 aromatic heterocycles. The molecule has 1 atom stereocenters. The van der Waals surface area contributed by atoms with Crippen LogP contribution in [0, 0.1) is 0 Å². The van der Waals surface area contributed by atoms with E-state index in [4.69, 9.17) is 9.15 Å². The lowest BCUT2D eigenvalue weighted by atomic mass is 9.98. The summed E-state index contributed by atoms with van der Waals surface area (Å²) in [5.41, 5.74) is -0.705. The van der Waals surface area contributed by atoms with Crippen molar-refractivity contribution in [3.05, 3.63) is 46.8 Å². The molecular weight excluding hydrogens is 326 g/mol. The van der Waals surface area contributed by atoms with Gasteiger partial charge in [-0.1, -0.05) is 0 Å². The van der Waals surface area contributed by atoms with E-state index in [-0.39, 0.29) is 0 Å². The molecule has 0 radical (unpaired) electrons. The highest BCUT2D eigenvalue weighted by Gasteiger charge is 2.38. The molecule has 2 N–H and O–H groups in total. The Balaban J connectivity index is 2.31. The van der Waals surface area contributed by atoms with E-state index in [2.05, 4.69) is 21.2 Å². The second-order valence-electron chi connectivity index (χ2n) is 4.39. The first kappa shape index (κ1) is 14.5. The zero-order valence-corrected chi connectivity index (χ0v) is 12.6. The lowest BCUT2D eigenvalue weighted by molar-refractivity contribution is -0.142. The summed E-state index contributed by atoms with van der Waals surface area (Å²) in [7, 11) is 1.57. The maximum atomic E-state index is 11.6. The van der Waals surface area contributed by atoms with Crippen LogP contribution in [0.1, 0.15) is 12.7 Å². The van der Waals surface area contributed by atoms with Crippen LogP contribution in [0.2, 0.25) is 0 Å². The van der Waals surface area contributed by atoms with Gasteiger partial charge in [0.05, 0.1) is 7.11 Å². The van der Waals surface area contributed by atoms with Crippen molar-refractivity contribution in [3.63, 3.8) is 0 Å². The van der Waals surface area contributed by atoms with Crippen molar-refractivity contribution in [3.8, 4) is 5.75 Å². The number of methoxy groups -OCH3 is 1. The summed E-state index contributed by atoms with van der Waals surface area (Å²) < 4.78 is 10.9. The van der Waals surface area contributed by atoms with Crippen molar-refractivity contribution in [2.75, 3.05) is 12.4 Å². The second-order valence-corrected chi connectivity index (χ2v) is 5.17. The van der Waals surface area contributed by atoms with Crippen LogP contribution in [0.25, 0.3) is 0 Å². The predicted molar refractivity (Wildman–Crippen MR) is 78.0 cm³/mol. The highest BCUT2D eigenvalue weighted by molar-refractivity contribution is 9.10. The fourth-order valence-corrected chi connectivity index (χ4v) is 2.07. The standard InChI is InChI=1S/C14H14BrNO4/c1-14(13(17)18,11-7-8-12(15)20-11)16-9-3-5-10(19-2)6-4-9/h3-8,16H,1-2H3,(H,17,18). The van der Waals surface area contributed by atoms with Gasteiger partial charge in [-0.05, 0) is 59.3 Å². The molecule has 0 amide bonds. The Labute approximate surface area is 124 Å². The molecule has 0 fully saturated rings. The number of carboxylic acid groups (broad SMARTS) is 1. The van der Waals surface area contributed by atoms with Crippen LogP contribution in [-0.2, 0) is 10.3 Å². The number of rotatable bonds is 5. The Kier molecular flexibility index (Phi) is 4.04. The lowest BCUT2D eigenvalue weighted by Gasteiger charge is -2.25. The van der Waals surface area contributed by atoms with Gasteiger partial charge >= 0.3 is 5.97 Å². The van der Waals surface area contributed by atoms with E-state index >= 15 is 0 Å². The molecule has 0 saturated carbocycles. The number of hydrogen-bond donors (Lipinski definition) is 2. The van der Waals surface area contributed by atoms with E-state index < -0.39 is 11.5 Å². The number of halogens is 1. The van der Waals surface area contributed by atoms with Crippen molar-refractivity contribution >= 4 is 27.6 Å². The van der Waals surface area contributed by atoms with Gasteiger partial charge in [0.25, 0.3) is 0 Å². The van der Waals surface area contributed by atoms with Gasteiger partial charge in [0, 0.05) is 5.69 Å². The fourth-order valence-electron chi connectivity index (χ4n) is 1.77. The SMILES string of the molecule is COc1ccc(NC(C)(C(=O)O)c2ccc(Br)o2)cc1. The van der Waals surface area contributed by atoms with Crippen LogP contribution in [0.3, 0.4) is 0 Å². The van der Waals surface area contributed by atoms with E-state index in [0.717, 1.165) is 0 Å². The number of aliphatic carboxylic acids is 1. The molecule has 0 bridgehead atoms. The van der Waals surface area contributed by atoms with Crippen LogP contribution < -0.4 is 10.1 Å². The molecule has 2 aromatic rings. The Morgan fingerprint density at radius 2 is 1.95 bits per heavy atom. The van der Waals surface area contributed by atoms with E-state index in [1.807, 2.05) is 0 Å². The maximum Gasteiger partial charge on any atom is 0.337 e. The summed E-state index contributed by atoms with van der Waals surface area (Å²) in [6.45, 7) is 1.55. The first-order chi connectivity index (χ1) is 9.45. The summed E-state index contributed by atoms with van der Waals surface area (Å²) in [5, 5.41) is 12.5. The molecule has 0 aliphatic rings. The summed E-state index contributed by atoms with van der Waals surface area (Å²) in [6, 6.07) is 10.3. The van der Waals surface area contributed by atoms with E-state index in [0.29, 0.717) is 21.9 Å². The number of carbonyl (C=O) groups is 1. The smallest absolute Gasteiger partial charge is 0.337 e. The molecule has 1 heterocycles. The third-order valence-corrected chi connectivity index (χ3v) is 3.40. The molecule has 6 heteroatoms. The van der Waals surface area contributed by atoms with Gasteiger partial charge in [0.15, 0.2) is 10.2 Å². The first-order valence-electron chi connectivity index (χ1n) is 5.87. The van der Waals surface area contributed by atoms with Crippen molar-refractivity contribution in [1.82, 2.24) is 0 Å². The predicted octanol–water partition coefficient (Wildman–Crippen LogP) is 3.46. The molecule has 0 saturated heterocycles. The zero-order chi connectivity index (χ0) is 14.8. The van der Waals surface area contributed by atoms with Gasteiger partial charge in [-0.2, -0.15) is 0 Å². The van der Waals surface area contributed by atoms with E-state index in [9.17, 15) is 9.90 Å². The molecule has 5 nitrogen and oxygen atoms in total. The third-order valence-electron chi connectivity index (χ3n) is 2.98. The van der Waals surface area contributed by atoms with Gasteiger partial charge in [-0.15, -0.1) is 0 Å². The van der Waals surface area contributed by atoms with Gasteiger partial charge in [0.2, 0.25) is 0 Å². The normalized spacial score (nSPS) is 13.6. The Morgan fingerprint density at radius 1 is 1.30 bits per heavy atom. The van der Waals surface area contributed by atoms with Gasteiger partial charge in [0.1, 0.15) is 11.5 Å². The van der Waals surface area contributed by atoms with Crippen LogP contribution >= 0.6 is 15.9 Å². The zero-order valence-electron chi connectivity index (χ0n) is 11.0. The number of carboxylic acids is 1. The molecule has 1 aromatic carbocycles. The number of hydrogen-bond acceptors (Lipinski definition) is 4. The van der Waals surface area contributed by atoms with Gasteiger partial charge in [-0.3, -0.25) is 0 Å². The lowest BCUT2D eigenvalue weighted by Crippen LogP contribution is -2.40. The number of nitrogens with one attached hydrogen (secondary N) is 1. The quantitative estimate of drug-likeness (QED) is 0.872. The monoisotopic (exact) mass is 339 g/mol. The van der Waals surface area contributed by atoms with Crippen molar-refractivity contribution in [1.29, 1.82) is 0 Å². The molecule has 20 heavy (non-hydrogen) atoms. The van der Waals surface area contributed by atoms with Crippen LogP contribution in [-0.4, -0.2) is 18.2 Å². The Morgan fingerprint density at radius 3 is 2.40 bits per heavy atom. The second kappa shape index (κ2) is 5.58. The van der Waals surface area contributed by atoms with Crippen LogP contribution in [0.4, 0.5) is 5.69 Å². The van der Waals surface area contributed by atoms with Gasteiger partial charge < -0.3 is 19.6 Å². The van der Waals surface area contributed by atoms with Crippen molar-refractivity contribution in [2.45, 2.75) is 12.5 Å². The van der Waals surface area contributed by atoms with Gasteiger partial charge in [-0.25, -0.2) is 4.79 Å². The molecular formula is C14H14BrNO4.